The summed E-state index contributed by atoms with van der Waals surface area (Å²) in [4.78, 5) is 16.6. The molecular weight excluding hydrogens is 385 g/mol. The summed E-state index contributed by atoms with van der Waals surface area (Å²) in [6.07, 6.45) is 1.26. The molecule has 1 aromatic carbocycles. The van der Waals surface area contributed by atoms with Gasteiger partial charge in [0.2, 0.25) is 5.91 Å². The highest BCUT2D eigenvalue weighted by atomic mass is 35.5. The molecule has 2 atom stereocenters. The van der Waals surface area contributed by atoms with Crippen LogP contribution in [0.5, 0.6) is 0 Å². The normalized spacial score (nSPS) is 18.3. The highest BCUT2D eigenvalue weighted by molar-refractivity contribution is 5.85. The number of hydrogen-bond donors (Lipinski definition) is 1. The van der Waals surface area contributed by atoms with Gasteiger partial charge in [0.1, 0.15) is 0 Å². The van der Waals surface area contributed by atoms with Gasteiger partial charge < -0.3 is 15.4 Å². The van der Waals surface area contributed by atoms with Crippen LogP contribution in [0, 0.1) is 5.92 Å². The largest absolute Gasteiger partial charge is 0.375 e. The van der Waals surface area contributed by atoms with Gasteiger partial charge in [-0.2, -0.15) is 0 Å². The maximum Gasteiger partial charge on any atom is 0.224 e. The number of carbonyl (C=O) groups excluding carboxylic acids is 1. The lowest BCUT2D eigenvalue weighted by Gasteiger charge is -2.33. The molecule has 1 heterocycles. The number of ether oxygens (including phenoxy) is 1. The number of nitrogens with zero attached hydrogens (tertiary/aromatic N) is 2. The number of nitrogens with two attached hydrogens (primary N) is 1. The Balaban J connectivity index is 0.00000338. The molecule has 0 spiro atoms. The van der Waals surface area contributed by atoms with Crippen molar-refractivity contribution in [2.24, 2.45) is 11.7 Å². The predicted molar refractivity (Wildman–Crippen MR) is 116 cm³/mol. The molecular formula is C20H35Cl2N3O2. The number of rotatable bonds is 8. The standard InChI is InChI=1S/C20H33N3O2.2ClH/c1-16(2)19(21)9-10-22(3)20(24)13-18-15-23(11-12-25-18)14-17-7-5-4-6-8-17;;/h4-8,16,18-19H,9-15,21H2,1-3H3;2*1H. The summed E-state index contributed by atoms with van der Waals surface area (Å²) in [5.74, 6) is 0.583. The van der Waals surface area contributed by atoms with Crippen LogP contribution in [0.15, 0.2) is 30.3 Å². The maximum atomic E-state index is 12.4. The Labute approximate surface area is 176 Å². The number of hydrogen-bond acceptors (Lipinski definition) is 4. The number of carbonyl (C=O) groups is 1. The molecule has 27 heavy (non-hydrogen) atoms. The topological polar surface area (TPSA) is 58.8 Å². The van der Waals surface area contributed by atoms with Gasteiger partial charge in [0, 0.05) is 39.3 Å². The van der Waals surface area contributed by atoms with Crippen molar-refractivity contribution in [2.45, 2.75) is 45.4 Å². The molecule has 0 aliphatic carbocycles. The van der Waals surface area contributed by atoms with Crippen LogP contribution in [0.4, 0.5) is 0 Å². The zero-order valence-electron chi connectivity index (χ0n) is 16.7. The number of halogens is 2. The van der Waals surface area contributed by atoms with Crippen LogP contribution in [0.1, 0.15) is 32.3 Å². The monoisotopic (exact) mass is 419 g/mol. The Kier molecular flexibility index (Phi) is 12.9. The van der Waals surface area contributed by atoms with Crippen molar-refractivity contribution in [3.05, 3.63) is 35.9 Å². The van der Waals surface area contributed by atoms with Gasteiger partial charge in [-0.25, -0.2) is 0 Å². The van der Waals surface area contributed by atoms with Crippen LogP contribution in [0.25, 0.3) is 0 Å². The van der Waals surface area contributed by atoms with Crippen LogP contribution in [-0.2, 0) is 16.1 Å². The zero-order chi connectivity index (χ0) is 18.2. The Bertz CT molecular complexity index is 531. The van der Waals surface area contributed by atoms with E-state index in [1.807, 2.05) is 13.1 Å². The minimum Gasteiger partial charge on any atom is -0.375 e. The molecule has 1 amide bonds. The molecule has 2 unspecified atom stereocenters. The molecule has 1 aromatic rings. The molecule has 1 aliphatic heterocycles. The molecule has 0 radical (unpaired) electrons. The lowest BCUT2D eigenvalue weighted by atomic mass is 10.0. The van der Waals surface area contributed by atoms with E-state index >= 15 is 0 Å². The number of morpholine rings is 1. The van der Waals surface area contributed by atoms with Crippen molar-refractivity contribution in [1.82, 2.24) is 9.80 Å². The van der Waals surface area contributed by atoms with E-state index in [0.29, 0.717) is 25.5 Å². The van der Waals surface area contributed by atoms with Crippen molar-refractivity contribution in [1.29, 1.82) is 0 Å². The smallest absolute Gasteiger partial charge is 0.224 e. The SMILES string of the molecule is CC(C)C(N)CCN(C)C(=O)CC1CN(Cc2ccccc2)CCO1.Cl.Cl. The molecule has 0 aromatic heterocycles. The second-order valence-corrected chi connectivity index (χ2v) is 7.43. The first-order valence-electron chi connectivity index (χ1n) is 9.33. The lowest BCUT2D eigenvalue weighted by Crippen LogP contribution is -2.44. The molecule has 1 saturated heterocycles. The van der Waals surface area contributed by atoms with Gasteiger partial charge in [-0.15, -0.1) is 24.8 Å². The average Bonchev–Trinajstić information content (AvgIpc) is 2.60. The molecule has 0 bridgehead atoms. The molecule has 5 nitrogen and oxygen atoms in total. The van der Waals surface area contributed by atoms with E-state index in [1.54, 1.807) is 4.90 Å². The first-order chi connectivity index (χ1) is 12.0. The fraction of sp³-hybridized carbons (Fsp3) is 0.650. The highest BCUT2D eigenvalue weighted by Gasteiger charge is 2.24. The molecule has 7 heteroatoms. The van der Waals surface area contributed by atoms with Crippen molar-refractivity contribution in [2.75, 3.05) is 33.3 Å². The third-order valence-electron chi connectivity index (χ3n) is 4.95. The molecule has 1 fully saturated rings. The van der Waals surface area contributed by atoms with Crippen molar-refractivity contribution >= 4 is 30.7 Å². The Hall–Kier alpha value is -0.850. The van der Waals surface area contributed by atoms with E-state index in [0.717, 1.165) is 26.1 Å². The summed E-state index contributed by atoms with van der Waals surface area (Å²) in [5.41, 5.74) is 7.37. The first kappa shape index (κ1) is 26.1. The fourth-order valence-corrected chi connectivity index (χ4v) is 3.04. The molecule has 2 N–H and O–H groups in total. The number of benzene rings is 1. The zero-order valence-corrected chi connectivity index (χ0v) is 18.3. The summed E-state index contributed by atoms with van der Waals surface area (Å²) in [6, 6.07) is 10.6. The second-order valence-electron chi connectivity index (χ2n) is 7.43. The molecule has 156 valence electrons. The fourth-order valence-electron chi connectivity index (χ4n) is 3.04. The number of amides is 1. The predicted octanol–water partition coefficient (Wildman–Crippen LogP) is 2.95. The van der Waals surface area contributed by atoms with Gasteiger partial charge in [-0.05, 0) is 17.9 Å². The summed E-state index contributed by atoms with van der Waals surface area (Å²) in [6.45, 7) is 8.26. The summed E-state index contributed by atoms with van der Waals surface area (Å²) in [7, 11) is 1.86. The minimum atomic E-state index is -0.0221. The minimum absolute atomic E-state index is 0. The van der Waals surface area contributed by atoms with Gasteiger partial charge in [-0.3, -0.25) is 9.69 Å². The van der Waals surface area contributed by atoms with Gasteiger partial charge >= 0.3 is 0 Å². The summed E-state index contributed by atoms with van der Waals surface area (Å²) in [5, 5.41) is 0. The van der Waals surface area contributed by atoms with Crippen molar-refractivity contribution in [3.63, 3.8) is 0 Å². The average molecular weight is 420 g/mol. The highest BCUT2D eigenvalue weighted by Crippen LogP contribution is 2.14. The molecule has 0 saturated carbocycles. The van der Waals surface area contributed by atoms with Crippen LogP contribution >= 0.6 is 24.8 Å². The van der Waals surface area contributed by atoms with Crippen molar-refractivity contribution < 1.29 is 9.53 Å². The van der Waals surface area contributed by atoms with Crippen molar-refractivity contribution in [3.8, 4) is 0 Å². The summed E-state index contributed by atoms with van der Waals surface area (Å²) < 4.78 is 5.82. The Morgan fingerprint density at radius 1 is 1.30 bits per heavy atom. The van der Waals surface area contributed by atoms with E-state index in [-0.39, 0.29) is 42.9 Å². The first-order valence-corrected chi connectivity index (χ1v) is 9.33. The van der Waals surface area contributed by atoms with Crippen LogP contribution in [0.2, 0.25) is 0 Å². The molecule has 2 rings (SSSR count). The van der Waals surface area contributed by atoms with Gasteiger partial charge in [-0.1, -0.05) is 44.2 Å². The Morgan fingerprint density at radius 2 is 1.96 bits per heavy atom. The van der Waals surface area contributed by atoms with Crippen LogP contribution < -0.4 is 5.73 Å². The van der Waals surface area contributed by atoms with Crippen LogP contribution in [-0.4, -0.2) is 61.1 Å². The van der Waals surface area contributed by atoms with E-state index in [4.69, 9.17) is 10.5 Å². The van der Waals surface area contributed by atoms with Gasteiger partial charge in [0.25, 0.3) is 0 Å². The lowest BCUT2D eigenvalue weighted by molar-refractivity contribution is -0.135. The van der Waals surface area contributed by atoms with E-state index in [9.17, 15) is 4.79 Å². The molecule has 1 aliphatic rings. The Morgan fingerprint density at radius 3 is 2.59 bits per heavy atom. The van der Waals surface area contributed by atoms with E-state index < -0.39 is 0 Å². The quantitative estimate of drug-likeness (QED) is 0.703. The van der Waals surface area contributed by atoms with E-state index in [2.05, 4.69) is 43.0 Å². The summed E-state index contributed by atoms with van der Waals surface area (Å²) >= 11 is 0. The maximum absolute atomic E-state index is 12.4. The van der Waals surface area contributed by atoms with Crippen LogP contribution in [0.3, 0.4) is 0 Å². The third-order valence-corrected chi connectivity index (χ3v) is 4.95. The second kappa shape index (κ2) is 13.3. The van der Waals surface area contributed by atoms with Gasteiger partial charge in [0.15, 0.2) is 0 Å². The van der Waals surface area contributed by atoms with Gasteiger partial charge in [0.05, 0.1) is 19.1 Å². The van der Waals surface area contributed by atoms with E-state index in [1.165, 1.54) is 5.56 Å². The third kappa shape index (κ3) is 9.26.